The fourth-order valence-electron chi connectivity index (χ4n) is 1.59. The van der Waals surface area contributed by atoms with Gasteiger partial charge in [0, 0.05) is 31.5 Å². The Morgan fingerprint density at radius 2 is 2.22 bits per heavy atom. The Kier molecular flexibility index (Phi) is 5.37. The SMILES string of the molecule is COCCC(C)Nc1cc(Cl)c([N+](=O)[O-])cc1C. The third-order valence-corrected chi connectivity index (χ3v) is 2.95. The van der Waals surface area contributed by atoms with Crippen LogP contribution in [0.5, 0.6) is 0 Å². The first-order chi connectivity index (χ1) is 8.45. The Morgan fingerprint density at radius 1 is 1.56 bits per heavy atom. The Balaban J connectivity index is 2.84. The second-order valence-corrected chi connectivity index (χ2v) is 4.61. The van der Waals surface area contributed by atoms with Crippen LogP contribution >= 0.6 is 11.6 Å². The second-order valence-electron chi connectivity index (χ2n) is 4.20. The molecule has 0 bridgehead atoms. The van der Waals surface area contributed by atoms with Crippen LogP contribution in [0, 0.1) is 17.0 Å². The first kappa shape index (κ1) is 14.7. The van der Waals surface area contributed by atoms with E-state index in [2.05, 4.69) is 5.32 Å². The normalized spacial score (nSPS) is 12.2. The minimum absolute atomic E-state index is 0.0655. The average Bonchev–Trinajstić information content (AvgIpc) is 2.30. The van der Waals surface area contributed by atoms with E-state index in [4.69, 9.17) is 16.3 Å². The number of nitro benzene ring substituents is 1. The fraction of sp³-hybridized carbons (Fsp3) is 0.500. The Morgan fingerprint density at radius 3 is 2.78 bits per heavy atom. The Labute approximate surface area is 111 Å². The van der Waals surface area contributed by atoms with E-state index in [1.165, 1.54) is 6.07 Å². The number of nitro groups is 1. The minimum Gasteiger partial charge on any atom is -0.385 e. The van der Waals surface area contributed by atoms with Gasteiger partial charge < -0.3 is 10.1 Å². The van der Waals surface area contributed by atoms with Crippen molar-refractivity contribution in [3.05, 3.63) is 32.8 Å². The third kappa shape index (κ3) is 3.85. The number of hydrogen-bond acceptors (Lipinski definition) is 4. The summed E-state index contributed by atoms with van der Waals surface area (Å²) >= 11 is 5.88. The lowest BCUT2D eigenvalue weighted by Crippen LogP contribution is -2.17. The highest BCUT2D eigenvalue weighted by molar-refractivity contribution is 6.33. The van der Waals surface area contributed by atoms with Crippen molar-refractivity contribution in [3.63, 3.8) is 0 Å². The van der Waals surface area contributed by atoms with Crippen LogP contribution < -0.4 is 5.32 Å². The zero-order valence-corrected chi connectivity index (χ0v) is 11.5. The molecular weight excluding hydrogens is 256 g/mol. The smallest absolute Gasteiger partial charge is 0.288 e. The third-order valence-electron chi connectivity index (χ3n) is 2.65. The average molecular weight is 273 g/mol. The summed E-state index contributed by atoms with van der Waals surface area (Å²) in [7, 11) is 1.65. The lowest BCUT2D eigenvalue weighted by molar-refractivity contribution is -0.384. The molecule has 0 spiro atoms. The van der Waals surface area contributed by atoms with Gasteiger partial charge in [0.25, 0.3) is 5.69 Å². The molecule has 1 N–H and O–H groups in total. The van der Waals surface area contributed by atoms with Crippen molar-refractivity contribution in [3.8, 4) is 0 Å². The van der Waals surface area contributed by atoms with Gasteiger partial charge in [-0.2, -0.15) is 0 Å². The van der Waals surface area contributed by atoms with Gasteiger partial charge in [-0.3, -0.25) is 10.1 Å². The summed E-state index contributed by atoms with van der Waals surface area (Å²) < 4.78 is 5.00. The highest BCUT2D eigenvalue weighted by atomic mass is 35.5. The summed E-state index contributed by atoms with van der Waals surface area (Å²) in [5.74, 6) is 0. The molecular formula is C12H17ClN2O3. The number of nitrogens with zero attached hydrogens (tertiary/aromatic N) is 1. The fourth-order valence-corrected chi connectivity index (χ4v) is 1.83. The zero-order valence-electron chi connectivity index (χ0n) is 10.7. The molecule has 0 fully saturated rings. The van der Waals surface area contributed by atoms with Crippen LogP contribution in [0.3, 0.4) is 0 Å². The number of ether oxygens (including phenoxy) is 1. The van der Waals surface area contributed by atoms with Crippen molar-refractivity contribution in [1.82, 2.24) is 0 Å². The van der Waals surface area contributed by atoms with Crippen LogP contribution in [0.4, 0.5) is 11.4 Å². The predicted molar refractivity (Wildman–Crippen MR) is 72.4 cm³/mol. The van der Waals surface area contributed by atoms with Crippen molar-refractivity contribution in [1.29, 1.82) is 0 Å². The van der Waals surface area contributed by atoms with Crippen LogP contribution in [0.2, 0.25) is 5.02 Å². The van der Waals surface area contributed by atoms with Gasteiger partial charge in [0.1, 0.15) is 5.02 Å². The van der Waals surface area contributed by atoms with Crippen LogP contribution in [0.1, 0.15) is 18.9 Å². The lowest BCUT2D eigenvalue weighted by atomic mass is 10.1. The van der Waals surface area contributed by atoms with Gasteiger partial charge in [-0.1, -0.05) is 11.6 Å². The monoisotopic (exact) mass is 272 g/mol. The van der Waals surface area contributed by atoms with Crippen LogP contribution in [0.25, 0.3) is 0 Å². The topological polar surface area (TPSA) is 64.4 Å². The standard InChI is InChI=1S/C12H17ClN2O3/c1-8-6-12(15(16)17)10(13)7-11(8)14-9(2)4-5-18-3/h6-7,9,14H,4-5H2,1-3H3. The number of hydrogen-bond donors (Lipinski definition) is 1. The molecule has 100 valence electrons. The molecule has 0 aliphatic heterocycles. The lowest BCUT2D eigenvalue weighted by Gasteiger charge is -2.16. The van der Waals surface area contributed by atoms with E-state index in [0.717, 1.165) is 17.7 Å². The van der Waals surface area contributed by atoms with Crippen molar-refractivity contribution >= 4 is 23.0 Å². The number of methoxy groups -OCH3 is 1. The van der Waals surface area contributed by atoms with E-state index in [1.807, 2.05) is 13.8 Å². The molecule has 0 aromatic heterocycles. The molecule has 18 heavy (non-hydrogen) atoms. The first-order valence-corrected chi connectivity index (χ1v) is 6.03. The summed E-state index contributed by atoms with van der Waals surface area (Å²) in [4.78, 5) is 10.3. The van der Waals surface area contributed by atoms with E-state index >= 15 is 0 Å². The Hall–Kier alpha value is -1.33. The maximum Gasteiger partial charge on any atom is 0.288 e. The number of benzene rings is 1. The second kappa shape index (κ2) is 6.56. The molecule has 0 amide bonds. The van der Waals surface area contributed by atoms with Crippen LogP contribution in [0.15, 0.2) is 12.1 Å². The minimum atomic E-state index is -0.479. The molecule has 1 rings (SSSR count). The molecule has 0 aliphatic rings. The predicted octanol–water partition coefficient (Wildman–Crippen LogP) is 3.39. The molecule has 0 radical (unpaired) electrons. The van der Waals surface area contributed by atoms with Gasteiger partial charge in [-0.05, 0) is 31.9 Å². The molecule has 0 saturated carbocycles. The summed E-state index contributed by atoms with van der Waals surface area (Å²) in [5, 5.41) is 14.1. The molecule has 5 nitrogen and oxygen atoms in total. The van der Waals surface area contributed by atoms with E-state index in [-0.39, 0.29) is 16.8 Å². The molecule has 1 unspecified atom stereocenters. The van der Waals surface area contributed by atoms with E-state index in [9.17, 15) is 10.1 Å². The zero-order chi connectivity index (χ0) is 13.7. The van der Waals surface area contributed by atoms with E-state index in [0.29, 0.717) is 6.61 Å². The van der Waals surface area contributed by atoms with Gasteiger partial charge in [0.05, 0.1) is 4.92 Å². The molecule has 0 aliphatic carbocycles. The number of anilines is 1. The van der Waals surface area contributed by atoms with Crippen molar-refractivity contribution in [2.45, 2.75) is 26.3 Å². The molecule has 0 heterocycles. The first-order valence-electron chi connectivity index (χ1n) is 5.65. The maximum absolute atomic E-state index is 10.7. The number of nitrogens with one attached hydrogen (secondary N) is 1. The molecule has 1 aromatic carbocycles. The largest absolute Gasteiger partial charge is 0.385 e. The summed E-state index contributed by atoms with van der Waals surface area (Å²) in [6.07, 6.45) is 0.852. The molecule has 0 saturated heterocycles. The Bertz CT molecular complexity index is 438. The maximum atomic E-state index is 10.7. The highest BCUT2D eigenvalue weighted by Crippen LogP contribution is 2.30. The molecule has 1 atom stereocenters. The highest BCUT2D eigenvalue weighted by Gasteiger charge is 2.15. The summed E-state index contributed by atoms with van der Waals surface area (Å²) in [6, 6.07) is 3.28. The summed E-state index contributed by atoms with van der Waals surface area (Å²) in [5.41, 5.74) is 1.55. The van der Waals surface area contributed by atoms with Crippen LogP contribution in [-0.2, 0) is 4.74 Å². The van der Waals surface area contributed by atoms with Crippen molar-refractivity contribution in [2.24, 2.45) is 0 Å². The number of halogens is 1. The van der Waals surface area contributed by atoms with E-state index < -0.39 is 4.92 Å². The van der Waals surface area contributed by atoms with Gasteiger partial charge in [-0.15, -0.1) is 0 Å². The summed E-state index contributed by atoms with van der Waals surface area (Å²) in [6.45, 7) is 4.50. The van der Waals surface area contributed by atoms with Crippen molar-refractivity contribution in [2.75, 3.05) is 19.0 Å². The quantitative estimate of drug-likeness (QED) is 0.637. The van der Waals surface area contributed by atoms with Crippen LogP contribution in [-0.4, -0.2) is 24.7 Å². The van der Waals surface area contributed by atoms with Gasteiger partial charge in [-0.25, -0.2) is 0 Å². The van der Waals surface area contributed by atoms with Gasteiger partial charge in [0.2, 0.25) is 0 Å². The number of aryl methyl sites for hydroxylation is 1. The van der Waals surface area contributed by atoms with Gasteiger partial charge in [0.15, 0.2) is 0 Å². The molecule has 1 aromatic rings. The van der Waals surface area contributed by atoms with Crippen molar-refractivity contribution < 1.29 is 9.66 Å². The van der Waals surface area contributed by atoms with E-state index in [1.54, 1.807) is 13.2 Å². The molecule has 6 heteroatoms. The van der Waals surface area contributed by atoms with Gasteiger partial charge >= 0.3 is 0 Å². The number of rotatable bonds is 6.